The first kappa shape index (κ1) is 23.3. The van der Waals surface area contributed by atoms with Gasteiger partial charge in [-0.1, -0.05) is 30.3 Å². The molecule has 0 radical (unpaired) electrons. The van der Waals surface area contributed by atoms with E-state index < -0.39 is 24.0 Å². The maximum atomic E-state index is 14.9. The van der Waals surface area contributed by atoms with E-state index in [1.54, 1.807) is 24.3 Å². The molecule has 3 aromatic rings. The number of nitrogens with one attached hydrogen (secondary N) is 2. The number of hydrogen-bond acceptors (Lipinski definition) is 5. The molecule has 176 valence electrons. The lowest BCUT2D eigenvalue weighted by atomic mass is 10.0. The summed E-state index contributed by atoms with van der Waals surface area (Å²) in [6.07, 6.45) is 0.339. The number of amides is 2. The Morgan fingerprint density at radius 3 is 2.65 bits per heavy atom. The summed E-state index contributed by atoms with van der Waals surface area (Å²) >= 11 is 0. The minimum Gasteiger partial charge on any atom is -0.442 e. The van der Waals surface area contributed by atoms with Gasteiger partial charge in [-0.15, -0.1) is 0 Å². The number of pyridine rings is 1. The van der Waals surface area contributed by atoms with Gasteiger partial charge in [-0.3, -0.25) is 9.69 Å². The second kappa shape index (κ2) is 10.4. The van der Waals surface area contributed by atoms with Crippen LogP contribution in [-0.2, 0) is 22.6 Å². The zero-order valence-corrected chi connectivity index (χ0v) is 18.6. The molecule has 0 spiro atoms. The minimum atomic E-state index is -0.578. The Morgan fingerprint density at radius 2 is 1.94 bits per heavy atom. The van der Waals surface area contributed by atoms with Crippen molar-refractivity contribution in [3.8, 4) is 11.1 Å². The third-order valence-corrected chi connectivity index (χ3v) is 5.46. The number of anilines is 1. The molecule has 34 heavy (non-hydrogen) atoms. The normalized spacial score (nSPS) is 15.3. The molecular formula is C25H24F2N4O3. The van der Waals surface area contributed by atoms with Gasteiger partial charge in [0.1, 0.15) is 11.9 Å². The fourth-order valence-corrected chi connectivity index (χ4v) is 3.70. The Bertz CT molecular complexity index is 1190. The fraction of sp³-hybridized carbons (Fsp3) is 0.240. The summed E-state index contributed by atoms with van der Waals surface area (Å²) in [5, 5.41) is 5.77. The molecule has 0 saturated carbocycles. The van der Waals surface area contributed by atoms with E-state index in [1.165, 1.54) is 24.1 Å². The largest absolute Gasteiger partial charge is 0.442 e. The van der Waals surface area contributed by atoms with Crippen molar-refractivity contribution >= 4 is 17.7 Å². The monoisotopic (exact) mass is 466 g/mol. The summed E-state index contributed by atoms with van der Waals surface area (Å²) in [5.74, 6) is -1.17. The van der Waals surface area contributed by atoms with E-state index >= 15 is 0 Å². The highest BCUT2D eigenvalue weighted by molar-refractivity contribution is 5.90. The van der Waals surface area contributed by atoms with E-state index in [-0.39, 0.29) is 19.0 Å². The third-order valence-electron chi connectivity index (χ3n) is 5.46. The molecule has 2 aromatic carbocycles. The molecule has 2 heterocycles. The predicted octanol–water partition coefficient (Wildman–Crippen LogP) is 3.78. The molecule has 0 unspecified atom stereocenters. The average Bonchev–Trinajstić information content (AvgIpc) is 3.20. The summed E-state index contributed by atoms with van der Waals surface area (Å²) in [4.78, 5) is 28.2. The molecule has 4 rings (SSSR count). The van der Waals surface area contributed by atoms with Crippen molar-refractivity contribution in [3.05, 3.63) is 83.7 Å². The highest BCUT2D eigenvalue weighted by Gasteiger charge is 2.32. The first-order valence-corrected chi connectivity index (χ1v) is 10.8. The number of carbonyl (C=O) groups is 2. The van der Waals surface area contributed by atoms with Crippen LogP contribution in [-0.4, -0.2) is 36.2 Å². The Morgan fingerprint density at radius 1 is 1.15 bits per heavy atom. The molecule has 2 N–H and O–H groups in total. The Kier molecular flexibility index (Phi) is 7.12. The third kappa shape index (κ3) is 5.55. The molecule has 9 heteroatoms. The van der Waals surface area contributed by atoms with Crippen LogP contribution in [0.4, 0.5) is 19.3 Å². The van der Waals surface area contributed by atoms with Crippen molar-refractivity contribution in [3.63, 3.8) is 0 Å². The van der Waals surface area contributed by atoms with Crippen molar-refractivity contribution in [1.82, 2.24) is 15.6 Å². The number of hydrogen-bond donors (Lipinski definition) is 2. The highest BCUT2D eigenvalue weighted by Crippen LogP contribution is 2.29. The molecule has 7 nitrogen and oxygen atoms in total. The molecule has 1 aliphatic rings. The van der Waals surface area contributed by atoms with Crippen molar-refractivity contribution < 1.29 is 23.1 Å². The van der Waals surface area contributed by atoms with Gasteiger partial charge in [-0.25, -0.2) is 14.2 Å². The summed E-state index contributed by atoms with van der Waals surface area (Å²) in [6.45, 7) is 2.68. The smallest absolute Gasteiger partial charge is 0.414 e. The summed E-state index contributed by atoms with van der Waals surface area (Å²) in [7, 11) is 0. The van der Waals surface area contributed by atoms with E-state index in [4.69, 9.17) is 4.74 Å². The van der Waals surface area contributed by atoms with Crippen LogP contribution in [0.1, 0.15) is 18.1 Å². The number of ether oxygens (including phenoxy) is 1. The number of carbonyl (C=O) groups excluding carboxylic acids is 2. The van der Waals surface area contributed by atoms with Crippen LogP contribution in [0, 0.1) is 11.8 Å². The predicted molar refractivity (Wildman–Crippen MR) is 123 cm³/mol. The van der Waals surface area contributed by atoms with Crippen LogP contribution < -0.4 is 15.5 Å². The standard InChI is InChI=1S/C25H24F2N4O3/c1-16(32)30-14-21-15-31(25(33)34-21)20-8-9-22(23(26)11-20)18-6-4-17(5-7-18)12-28-13-19-3-2-10-29-24(19)27/h2-11,21,28H,12-15H2,1H3,(H,30,32)/t21-/m0/s1. The van der Waals surface area contributed by atoms with Crippen LogP contribution in [0.25, 0.3) is 11.1 Å². The Labute approximate surface area is 195 Å². The molecule has 1 aromatic heterocycles. The van der Waals surface area contributed by atoms with Gasteiger partial charge in [0.2, 0.25) is 11.9 Å². The lowest BCUT2D eigenvalue weighted by molar-refractivity contribution is -0.119. The van der Waals surface area contributed by atoms with E-state index in [9.17, 15) is 18.4 Å². The van der Waals surface area contributed by atoms with E-state index in [2.05, 4.69) is 15.6 Å². The second-order valence-electron chi connectivity index (χ2n) is 7.97. The Balaban J connectivity index is 1.37. The van der Waals surface area contributed by atoms with Gasteiger partial charge < -0.3 is 15.4 Å². The number of aromatic nitrogens is 1. The van der Waals surface area contributed by atoms with Crippen molar-refractivity contribution in [2.75, 3.05) is 18.0 Å². The van der Waals surface area contributed by atoms with Crippen LogP contribution in [0.3, 0.4) is 0 Å². The van der Waals surface area contributed by atoms with Crippen molar-refractivity contribution in [2.24, 2.45) is 0 Å². The molecule has 2 amide bonds. The molecule has 1 fully saturated rings. The molecule has 1 saturated heterocycles. The number of cyclic esters (lactones) is 1. The first-order chi connectivity index (χ1) is 16.4. The summed E-state index contributed by atoms with van der Waals surface area (Å²) in [5.41, 5.74) is 2.95. The lowest BCUT2D eigenvalue weighted by Crippen LogP contribution is -2.33. The van der Waals surface area contributed by atoms with Crippen molar-refractivity contribution in [2.45, 2.75) is 26.1 Å². The molecule has 1 aliphatic heterocycles. The van der Waals surface area contributed by atoms with Gasteiger partial charge in [0, 0.05) is 37.3 Å². The van der Waals surface area contributed by atoms with E-state index in [0.717, 1.165) is 5.56 Å². The van der Waals surface area contributed by atoms with Gasteiger partial charge in [0.05, 0.1) is 18.8 Å². The van der Waals surface area contributed by atoms with Gasteiger partial charge >= 0.3 is 6.09 Å². The van der Waals surface area contributed by atoms with Crippen LogP contribution >= 0.6 is 0 Å². The number of rotatable bonds is 8. The Hall–Kier alpha value is -3.85. The minimum absolute atomic E-state index is 0.205. The second-order valence-corrected chi connectivity index (χ2v) is 7.97. The first-order valence-electron chi connectivity index (χ1n) is 10.8. The van der Waals surface area contributed by atoms with Crippen LogP contribution in [0.15, 0.2) is 60.8 Å². The highest BCUT2D eigenvalue weighted by atomic mass is 19.1. The van der Waals surface area contributed by atoms with E-state index in [0.29, 0.717) is 35.5 Å². The maximum Gasteiger partial charge on any atom is 0.414 e. The van der Waals surface area contributed by atoms with Gasteiger partial charge in [-0.05, 0) is 35.4 Å². The maximum absolute atomic E-state index is 14.9. The molecule has 1 atom stereocenters. The lowest BCUT2D eigenvalue weighted by Gasteiger charge is -2.15. The van der Waals surface area contributed by atoms with Gasteiger partial charge in [-0.2, -0.15) is 4.39 Å². The zero-order valence-electron chi connectivity index (χ0n) is 18.6. The fourth-order valence-electron chi connectivity index (χ4n) is 3.70. The average molecular weight is 466 g/mol. The van der Waals surface area contributed by atoms with Crippen molar-refractivity contribution in [1.29, 1.82) is 0 Å². The molecule has 0 bridgehead atoms. The van der Waals surface area contributed by atoms with Gasteiger partial charge in [0.25, 0.3) is 0 Å². The van der Waals surface area contributed by atoms with Crippen LogP contribution in [0.5, 0.6) is 0 Å². The molecule has 0 aliphatic carbocycles. The van der Waals surface area contributed by atoms with E-state index in [1.807, 2.05) is 24.3 Å². The zero-order chi connectivity index (χ0) is 24.1. The number of nitrogens with zero attached hydrogens (tertiary/aromatic N) is 2. The summed E-state index contributed by atoms with van der Waals surface area (Å²) < 4.78 is 33.7. The topological polar surface area (TPSA) is 83.6 Å². The SMILES string of the molecule is CC(=O)NC[C@H]1CN(c2ccc(-c3ccc(CNCc4cccnc4F)cc3)c(F)c2)C(=O)O1. The number of halogens is 2. The van der Waals surface area contributed by atoms with Crippen LogP contribution in [0.2, 0.25) is 0 Å². The van der Waals surface area contributed by atoms with Gasteiger partial charge in [0.15, 0.2) is 0 Å². The quantitative estimate of drug-likeness (QED) is 0.494. The number of benzene rings is 2. The molecular weight excluding hydrogens is 442 g/mol. The summed E-state index contributed by atoms with van der Waals surface area (Å²) in [6, 6.07) is 15.3.